The third-order valence-electron chi connectivity index (χ3n) is 1.80. The van der Waals surface area contributed by atoms with Crippen LogP contribution >= 0.6 is 0 Å². The molecule has 1 atom stereocenters. The smallest absolute Gasteiger partial charge is 0.277 e. The van der Waals surface area contributed by atoms with Gasteiger partial charge in [-0.15, -0.1) is 0 Å². The summed E-state index contributed by atoms with van der Waals surface area (Å²) in [4.78, 5) is 0. The van der Waals surface area contributed by atoms with Gasteiger partial charge in [0.2, 0.25) is 0 Å². The van der Waals surface area contributed by atoms with Crippen molar-refractivity contribution in [2.24, 2.45) is 5.41 Å². The number of hydrogen-bond donors (Lipinski definition) is 3. The molecule has 0 heterocycles. The Kier molecular flexibility index (Phi) is 5.59. The van der Waals surface area contributed by atoms with E-state index in [1.807, 2.05) is 20.8 Å². The van der Waals surface area contributed by atoms with Crippen molar-refractivity contribution in [1.82, 2.24) is 9.44 Å². The monoisotopic (exact) mass is 266 g/mol. The first kappa shape index (κ1) is 16.8. The van der Waals surface area contributed by atoms with Crippen LogP contribution in [0.4, 0.5) is 0 Å². The maximum Gasteiger partial charge on any atom is 0.277 e. The Balaban J connectivity index is 4.20. The van der Waals surface area contributed by atoms with Gasteiger partial charge in [0.25, 0.3) is 10.2 Å². The second-order valence-corrected chi connectivity index (χ2v) is 8.12. The van der Waals surface area contributed by atoms with Crippen LogP contribution in [0.3, 0.4) is 0 Å². The summed E-state index contributed by atoms with van der Waals surface area (Å²) >= 11 is 0. The molecule has 3 N–H and O–H groups in total. The molecule has 0 saturated carbocycles. The summed E-state index contributed by atoms with van der Waals surface area (Å²) in [6.45, 7) is 11.3. The zero-order chi connectivity index (χ0) is 13.9. The molecule has 0 aliphatic heterocycles. The van der Waals surface area contributed by atoms with Crippen LogP contribution in [0.15, 0.2) is 0 Å². The van der Waals surface area contributed by atoms with Gasteiger partial charge in [0.1, 0.15) is 0 Å². The fourth-order valence-electron chi connectivity index (χ4n) is 1.42. The van der Waals surface area contributed by atoms with Gasteiger partial charge in [0.15, 0.2) is 0 Å². The number of rotatable bonds is 5. The van der Waals surface area contributed by atoms with Crippen molar-refractivity contribution in [3.63, 3.8) is 0 Å². The van der Waals surface area contributed by atoms with Gasteiger partial charge in [0.05, 0.1) is 6.10 Å². The predicted molar refractivity (Wildman–Crippen MR) is 69.9 cm³/mol. The Morgan fingerprint density at radius 3 is 1.94 bits per heavy atom. The first-order valence-electron chi connectivity index (χ1n) is 5.77. The van der Waals surface area contributed by atoms with Crippen molar-refractivity contribution in [3.05, 3.63) is 0 Å². The highest BCUT2D eigenvalue weighted by Gasteiger charge is 2.22. The fourth-order valence-corrected chi connectivity index (χ4v) is 2.71. The van der Waals surface area contributed by atoms with Crippen molar-refractivity contribution in [1.29, 1.82) is 0 Å². The second kappa shape index (κ2) is 5.65. The van der Waals surface area contributed by atoms with Gasteiger partial charge in [-0.25, -0.2) is 0 Å². The molecule has 0 spiro atoms. The summed E-state index contributed by atoms with van der Waals surface area (Å²) in [6, 6.07) is 0. The molecule has 0 aliphatic rings. The lowest BCUT2D eigenvalue weighted by Gasteiger charge is -2.24. The normalized spacial score (nSPS) is 15.9. The van der Waals surface area contributed by atoms with Crippen molar-refractivity contribution in [3.8, 4) is 0 Å². The Labute approximate surface area is 105 Å². The molecule has 0 fully saturated rings. The highest BCUT2D eigenvalue weighted by atomic mass is 32.2. The van der Waals surface area contributed by atoms with Crippen LogP contribution in [0.1, 0.15) is 48.0 Å². The topological polar surface area (TPSA) is 78.4 Å². The fraction of sp³-hybridized carbons (Fsp3) is 1.00. The number of aliphatic hydroxyl groups excluding tert-OH is 1. The molecule has 0 rings (SSSR count). The third kappa shape index (κ3) is 10.7. The summed E-state index contributed by atoms with van der Waals surface area (Å²) in [5.41, 5.74) is -0.552. The van der Waals surface area contributed by atoms with Gasteiger partial charge in [-0.2, -0.15) is 17.9 Å². The van der Waals surface area contributed by atoms with Crippen LogP contribution in [0, 0.1) is 5.41 Å². The molecule has 5 nitrogen and oxygen atoms in total. The van der Waals surface area contributed by atoms with Crippen LogP contribution in [0.25, 0.3) is 0 Å². The van der Waals surface area contributed by atoms with Gasteiger partial charge in [-0.1, -0.05) is 20.8 Å². The Hall–Kier alpha value is -0.170. The van der Waals surface area contributed by atoms with Crippen molar-refractivity contribution < 1.29 is 13.5 Å². The lowest BCUT2D eigenvalue weighted by Crippen LogP contribution is -2.48. The standard InChI is InChI=1S/C11H26N2O3S/c1-10(2,3)7-9(14)8-12-17(15,16)13-11(4,5)6/h9,12-14H,7-8H2,1-6H3. The van der Waals surface area contributed by atoms with Crippen molar-refractivity contribution in [2.45, 2.75) is 59.6 Å². The van der Waals surface area contributed by atoms with E-state index in [9.17, 15) is 13.5 Å². The van der Waals surface area contributed by atoms with E-state index in [1.165, 1.54) is 0 Å². The molecule has 0 aromatic heterocycles. The maximum atomic E-state index is 11.6. The predicted octanol–water partition coefficient (Wildman–Crippen LogP) is 1.01. The Morgan fingerprint density at radius 1 is 1.12 bits per heavy atom. The van der Waals surface area contributed by atoms with E-state index in [4.69, 9.17) is 0 Å². The van der Waals surface area contributed by atoms with E-state index in [1.54, 1.807) is 20.8 Å². The van der Waals surface area contributed by atoms with Gasteiger partial charge in [-0.3, -0.25) is 0 Å². The van der Waals surface area contributed by atoms with Gasteiger partial charge in [0, 0.05) is 12.1 Å². The van der Waals surface area contributed by atoms with Gasteiger partial charge < -0.3 is 5.11 Å². The quantitative estimate of drug-likeness (QED) is 0.695. The molecular formula is C11H26N2O3S. The van der Waals surface area contributed by atoms with Gasteiger partial charge in [-0.05, 0) is 32.6 Å². The molecule has 0 aromatic rings. The molecule has 0 aromatic carbocycles. The zero-order valence-corrected chi connectivity index (χ0v) is 12.5. The molecule has 6 heteroatoms. The van der Waals surface area contributed by atoms with E-state index in [-0.39, 0.29) is 12.0 Å². The average molecular weight is 266 g/mol. The van der Waals surface area contributed by atoms with E-state index in [2.05, 4.69) is 9.44 Å². The number of nitrogens with one attached hydrogen (secondary N) is 2. The SMILES string of the molecule is CC(C)(C)CC(O)CNS(=O)(=O)NC(C)(C)C. The Morgan fingerprint density at radius 2 is 1.59 bits per heavy atom. The van der Waals surface area contributed by atoms with Crippen LogP contribution in [-0.4, -0.2) is 31.7 Å². The summed E-state index contributed by atoms with van der Waals surface area (Å²) in [6.07, 6.45) is -0.128. The number of hydrogen-bond acceptors (Lipinski definition) is 3. The highest BCUT2D eigenvalue weighted by molar-refractivity contribution is 7.87. The largest absolute Gasteiger partial charge is 0.392 e. The molecule has 1 unspecified atom stereocenters. The van der Waals surface area contributed by atoms with E-state index >= 15 is 0 Å². The average Bonchev–Trinajstić information content (AvgIpc) is 1.92. The minimum Gasteiger partial charge on any atom is -0.392 e. The molecular weight excluding hydrogens is 240 g/mol. The molecule has 0 aliphatic carbocycles. The summed E-state index contributed by atoms with van der Waals surface area (Å²) in [5.74, 6) is 0. The lowest BCUT2D eigenvalue weighted by molar-refractivity contribution is 0.124. The van der Waals surface area contributed by atoms with Crippen LogP contribution in [0.2, 0.25) is 0 Å². The number of aliphatic hydroxyl groups is 1. The highest BCUT2D eigenvalue weighted by Crippen LogP contribution is 2.20. The molecule has 17 heavy (non-hydrogen) atoms. The Bertz CT molecular complexity index is 326. The molecule has 0 bridgehead atoms. The molecule has 0 saturated heterocycles. The summed E-state index contributed by atoms with van der Waals surface area (Å²) in [5, 5.41) is 9.69. The van der Waals surface area contributed by atoms with Crippen LogP contribution in [-0.2, 0) is 10.2 Å². The zero-order valence-electron chi connectivity index (χ0n) is 11.7. The minimum absolute atomic E-state index is 0.0255. The molecule has 104 valence electrons. The van der Waals surface area contributed by atoms with Crippen molar-refractivity contribution in [2.75, 3.05) is 6.54 Å². The van der Waals surface area contributed by atoms with Crippen LogP contribution in [0.5, 0.6) is 0 Å². The lowest BCUT2D eigenvalue weighted by atomic mass is 9.89. The van der Waals surface area contributed by atoms with E-state index < -0.39 is 21.9 Å². The van der Waals surface area contributed by atoms with Crippen molar-refractivity contribution >= 4 is 10.2 Å². The maximum absolute atomic E-state index is 11.6. The molecule has 0 amide bonds. The molecule has 0 radical (unpaired) electrons. The van der Waals surface area contributed by atoms with Crippen LogP contribution < -0.4 is 9.44 Å². The first-order valence-corrected chi connectivity index (χ1v) is 7.26. The third-order valence-corrected chi connectivity index (χ3v) is 3.23. The first-order chi connectivity index (χ1) is 7.31. The van der Waals surface area contributed by atoms with E-state index in [0.717, 1.165) is 0 Å². The summed E-state index contributed by atoms with van der Waals surface area (Å²) < 4.78 is 28.0. The van der Waals surface area contributed by atoms with Gasteiger partial charge >= 0.3 is 0 Å². The minimum atomic E-state index is -3.55. The summed E-state index contributed by atoms with van der Waals surface area (Å²) in [7, 11) is -3.55. The van der Waals surface area contributed by atoms with E-state index in [0.29, 0.717) is 6.42 Å². The second-order valence-electron chi connectivity index (χ2n) is 6.62.